The Bertz CT molecular complexity index is 810. The van der Waals surface area contributed by atoms with Gasteiger partial charge >= 0.3 is 5.97 Å². The lowest BCUT2D eigenvalue weighted by Crippen LogP contribution is -2.45. The molecule has 1 atom stereocenters. The number of Topliss-reactive ketones (excluding diaryl/α,β-unsaturated/α-hetero) is 1. The summed E-state index contributed by atoms with van der Waals surface area (Å²) in [6.07, 6.45) is 3.47. The molecule has 0 aliphatic heterocycles. The van der Waals surface area contributed by atoms with Crippen LogP contribution in [0.2, 0.25) is 19.6 Å². The highest BCUT2D eigenvalue weighted by molar-refractivity contribution is 6.70. The fourth-order valence-electron chi connectivity index (χ4n) is 2.96. The maximum atomic E-state index is 13.7. The first-order valence-corrected chi connectivity index (χ1v) is 12.9. The first kappa shape index (κ1) is 21.8. The molecule has 148 valence electrons. The van der Waals surface area contributed by atoms with Crippen LogP contribution in [0, 0.1) is 0 Å². The van der Waals surface area contributed by atoms with E-state index in [-0.39, 0.29) is 18.2 Å². The largest absolute Gasteiger partial charge is 0.466 e. The van der Waals surface area contributed by atoms with Gasteiger partial charge in [-0.05, 0) is 38.2 Å². The molecule has 0 bridgehead atoms. The van der Waals surface area contributed by atoms with E-state index in [9.17, 15) is 9.59 Å². The highest BCUT2D eigenvalue weighted by atomic mass is 28.4. The van der Waals surface area contributed by atoms with E-state index in [0.717, 1.165) is 5.56 Å². The Balaban J connectivity index is 2.57. The van der Waals surface area contributed by atoms with E-state index in [1.807, 2.05) is 68.2 Å². The monoisotopic (exact) mass is 396 g/mol. The second-order valence-electron chi connectivity index (χ2n) is 7.42. The first-order valence-electron chi connectivity index (χ1n) is 9.47. The van der Waals surface area contributed by atoms with E-state index < -0.39 is 13.9 Å². The summed E-state index contributed by atoms with van der Waals surface area (Å²) >= 11 is 0. The lowest BCUT2D eigenvalue weighted by Gasteiger charge is -2.36. The number of rotatable bonds is 9. The van der Waals surface area contributed by atoms with Gasteiger partial charge in [0.1, 0.15) is 0 Å². The fourth-order valence-corrected chi connectivity index (χ4v) is 4.20. The topological polar surface area (TPSA) is 52.6 Å². The van der Waals surface area contributed by atoms with Gasteiger partial charge in [0.25, 0.3) is 0 Å². The molecule has 0 aliphatic carbocycles. The van der Waals surface area contributed by atoms with Gasteiger partial charge in [-0.25, -0.2) is 0 Å². The van der Waals surface area contributed by atoms with Crippen molar-refractivity contribution in [3.8, 4) is 0 Å². The molecule has 0 spiro atoms. The Kier molecular flexibility index (Phi) is 7.49. The zero-order chi connectivity index (χ0) is 20.6. The van der Waals surface area contributed by atoms with Crippen molar-refractivity contribution in [1.29, 1.82) is 0 Å². The summed E-state index contributed by atoms with van der Waals surface area (Å²) < 4.78 is 11.5. The normalized spacial score (nSPS) is 13.9. The SMILES string of the molecule is CCOC(=O)C/C=C/C(O[Si](C)(C)C)(C(=O)c1ccccc1)c1ccccc1. The van der Waals surface area contributed by atoms with Crippen LogP contribution in [-0.2, 0) is 19.6 Å². The van der Waals surface area contributed by atoms with Crippen LogP contribution in [0.3, 0.4) is 0 Å². The molecular formula is C23H28O4Si. The van der Waals surface area contributed by atoms with Crippen LogP contribution < -0.4 is 0 Å². The quantitative estimate of drug-likeness (QED) is 0.255. The summed E-state index contributed by atoms with van der Waals surface area (Å²) in [6, 6.07) is 18.5. The average molecular weight is 397 g/mol. The predicted molar refractivity (Wildman–Crippen MR) is 114 cm³/mol. The number of ketones is 1. The van der Waals surface area contributed by atoms with Gasteiger partial charge in [0.15, 0.2) is 13.9 Å². The Hall–Kier alpha value is -2.50. The van der Waals surface area contributed by atoms with Crippen molar-refractivity contribution in [2.75, 3.05) is 6.61 Å². The van der Waals surface area contributed by atoms with Gasteiger partial charge in [-0.15, -0.1) is 0 Å². The maximum Gasteiger partial charge on any atom is 0.309 e. The number of ether oxygens (including phenoxy) is 1. The molecule has 0 radical (unpaired) electrons. The van der Waals surface area contributed by atoms with E-state index >= 15 is 0 Å². The van der Waals surface area contributed by atoms with Crippen molar-refractivity contribution in [2.24, 2.45) is 0 Å². The highest BCUT2D eigenvalue weighted by Gasteiger charge is 2.42. The lowest BCUT2D eigenvalue weighted by molar-refractivity contribution is -0.142. The predicted octanol–water partition coefficient (Wildman–Crippen LogP) is 5.13. The van der Waals surface area contributed by atoms with Crippen LogP contribution in [0.5, 0.6) is 0 Å². The Morgan fingerprint density at radius 1 is 0.964 bits per heavy atom. The summed E-state index contributed by atoms with van der Waals surface area (Å²) in [5, 5.41) is 0. The van der Waals surface area contributed by atoms with E-state index in [1.54, 1.807) is 31.2 Å². The Morgan fingerprint density at radius 2 is 1.54 bits per heavy atom. The molecule has 0 aliphatic rings. The maximum absolute atomic E-state index is 13.7. The van der Waals surface area contributed by atoms with E-state index in [4.69, 9.17) is 9.16 Å². The van der Waals surface area contributed by atoms with Crippen LogP contribution in [0.1, 0.15) is 29.3 Å². The van der Waals surface area contributed by atoms with Gasteiger partial charge < -0.3 is 9.16 Å². The smallest absolute Gasteiger partial charge is 0.309 e. The summed E-state index contributed by atoms with van der Waals surface area (Å²) in [5.41, 5.74) is 0.0105. The molecule has 2 aromatic rings. The number of benzene rings is 2. The average Bonchev–Trinajstić information content (AvgIpc) is 2.67. The number of carbonyl (C=O) groups is 2. The zero-order valence-electron chi connectivity index (χ0n) is 17.0. The standard InChI is InChI=1S/C23H28O4Si/c1-5-26-21(24)17-12-18-23(27-28(2,3)4,20-15-10-7-11-16-20)22(25)19-13-8-6-9-14-19/h6-16,18H,5,17H2,1-4H3/b18-12+. The molecule has 0 fully saturated rings. The molecule has 0 amide bonds. The minimum atomic E-state index is -2.15. The van der Waals surface area contributed by atoms with Crippen LogP contribution in [0.4, 0.5) is 0 Å². The van der Waals surface area contributed by atoms with Crippen molar-refractivity contribution >= 4 is 20.1 Å². The molecule has 2 aromatic carbocycles. The Labute approximate surface area is 168 Å². The van der Waals surface area contributed by atoms with Gasteiger partial charge in [-0.3, -0.25) is 9.59 Å². The molecule has 0 saturated carbocycles. The third-order valence-corrected chi connectivity index (χ3v) is 4.92. The van der Waals surface area contributed by atoms with Crippen LogP contribution in [-0.4, -0.2) is 26.7 Å². The molecule has 28 heavy (non-hydrogen) atoms. The third-order valence-electron chi connectivity index (χ3n) is 3.99. The molecule has 2 rings (SSSR count). The fraction of sp³-hybridized carbons (Fsp3) is 0.304. The highest BCUT2D eigenvalue weighted by Crippen LogP contribution is 2.35. The minimum absolute atomic E-state index is 0.0829. The third kappa shape index (κ3) is 5.75. The molecule has 0 saturated heterocycles. The Morgan fingerprint density at radius 3 is 2.07 bits per heavy atom. The van der Waals surface area contributed by atoms with E-state index in [1.165, 1.54) is 0 Å². The van der Waals surface area contributed by atoms with Crippen LogP contribution in [0.15, 0.2) is 72.8 Å². The number of hydrogen-bond donors (Lipinski definition) is 0. The molecule has 0 aromatic heterocycles. The van der Waals surface area contributed by atoms with E-state index in [0.29, 0.717) is 12.2 Å². The molecule has 0 N–H and O–H groups in total. The van der Waals surface area contributed by atoms with Crippen molar-refractivity contribution in [3.63, 3.8) is 0 Å². The van der Waals surface area contributed by atoms with Gasteiger partial charge in [0, 0.05) is 5.56 Å². The van der Waals surface area contributed by atoms with Crippen molar-refractivity contribution in [1.82, 2.24) is 0 Å². The number of esters is 1. The number of carbonyl (C=O) groups excluding carboxylic acids is 2. The van der Waals surface area contributed by atoms with E-state index in [2.05, 4.69) is 0 Å². The van der Waals surface area contributed by atoms with Gasteiger partial charge in [-0.2, -0.15) is 0 Å². The first-order chi connectivity index (χ1) is 13.3. The molecule has 4 nitrogen and oxygen atoms in total. The zero-order valence-corrected chi connectivity index (χ0v) is 18.0. The van der Waals surface area contributed by atoms with Crippen molar-refractivity contribution < 1.29 is 18.8 Å². The molecular weight excluding hydrogens is 368 g/mol. The van der Waals surface area contributed by atoms with Gasteiger partial charge in [-0.1, -0.05) is 66.7 Å². The van der Waals surface area contributed by atoms with Crippen molar-refractivity contribution in [2.45, 2.75) is 38.6 Å². The van der Waals surface area contributed by atoms with Crippen molar-refractivity contribution in [3.05, 3.63) is 83.9 Å². The summed E-state index contributed by atoms with van der Waals surface area (Å²) in [7, 11) is -2.15. The van der Waals surface area contributed by atoms with Crippen LogP contribution >= 0.6 is 0 Å². The van der Waals surface area contributed by atoms with Gasteiger partial charge in [0.2, 0.25) is 5.78 Å². The molecule has 1 unspecified atom stereocenters. The number of hydrogen-bond acceptors (Lipinski definition) is 4. The van der Waals surface area contributed by atoms with Crippen LogP contribution in [0.25, 0.3) is 0 Å². The second-order valence-corrected chi connectivity index (χ2v) is 11.9. The summed E-state index contributed by atoms with van der Waals surface area (Å²) in [4.78, 5) is 25.5. The lowest BCUT2D eigenvalue weighted by atomic mass is 9.85. The summed E-state index contributed by atoms with van der Waals surface area (Å²) in [5.74, 6) is -0.484. The minimum Gasteiger partial charge on any atom is -0.466 e. The second kappa shape index (κ2) is 9.62. The molecule has 0 heterocycles. The summed E-state index contributed by atoms with van der Waals surface area (Å²) in [6.45, 7) is 8.22. The van der Waals surface area contributed by atoms with Gasteiger partial charge in [0.05, 0.1) is 13.0 Å². The molecule has 5 heteroatoms.